The molecule has 1 aromatic carbocycles. The molecule has 3 aromatic rings. The van der Waals surface area contributed by atoms with Gasteiger partial charge in [-0.05, 0) is 104 Å². The van der Waals surface area contributed by atoms with Gasteiger partial charge in [-0.2, -0.15) is 0 Å². The number of aromatic hydroxyl groups is 1. The second kappa shape index (κ2) is 13.6. The van der Waals surface area contributed by atoms with Crippen molar-refractivity contribution in [2.24, 2.45) is 5.92 Å². The number of hydrogen-bond donors (Lipinski definition) is 1. The molecule has 5 heteroatoms. The Bertz CT molecular complexity index is 1450. The lowest BCUT2D eigenvalue weighted by Gasteiger charge is -2.20. The van der Waals surface area contributed by atoms with Crippen LogP contribution >= 0.6 is 0 Å². The van der Waals surface area contributed by atoms with E-state index in [2.05, 4.69) is 29.3 Å². The number of anilines is 1. The highest BCUT2D eigenvalue weighted by molar-refractivity contribution is 5.92. The van der Waals surface area contributed by atoms with Gasteiger partial charge in [0, 0.05) is 31.8 Å². The third kappa shape index (κ3) is 7.07. The van der Waals surface area contributed by atoms with Gasteiger partial charge in [-0.15, -0.1) is 0 Å². The number of hydrogen-bond acceptors (Lipinski definition) is 4. The van der Waals surface area contributed by atoms with Gasteiger partial charge in [0.25, 0.3) is 0 Å². The average Bonchev–Trinajstić information content (AvgIpc) is 3.21. The number of phenolic OH excluding ortho intramolecular Hbond substituents is 1. The maximum absolute atomic E-state index is 13.0. The number of amides is 1. The van der Waals surface area contributed by atoms with E-state index in [1.54, 1.807) is 23.4 Å². The minimum absolute atomic E-state index is 0.172. The van der Waals surface area contributed by atoms with Crippen LogP contribution in [0.3, 0.4) is 0 Å². The van der Waals surface area contributed by atoms with E-state index in [4.69, 9.17) is 4.98 Å². The number of aryl methyl sites for hydroxylation is 1. The Hall–Kier alpha value is -3.73. The lowest BCUT2D eigenvalue weighted by molar-refractivity contribution is -0.119. The summed E-state index contributed by atoms with van der Waals surface area (Å²) in [4.78, 5) is 23.8. The molecule has 2 aliphatic rings. The van der Waals surface area contributed by atoms with E-state index in [0.29, 0.717) is 24.0 Å². The molecule has 2 atom stereocenters. The van der Waals surface area contributed by atoms with Crippen molar-refractivity contribution in [3.05, 3.63) is 94.4 Å². The van der Waals surface area contributed by atoms with Crippen LogP contribution in [0.25, 0.3) is 12.2 Å². The first-order valence-corrected chi connectivity index (χ1v) is 14.8. The first kappa shape index (κ1) is 27.8. The van der Waals surface area contributed by atoms with E-state index >= 15 is 0 Å². The second-order valence-corrected chi connectivity index (χ2v) is 11.3. The molecule has 1 N–H and O–H groups in total. The number of nitrogens with zero attached hydrogens (tertiary/aromatic N) is 3. The number of benzene rings is 1. The minimum atomic E-state index is 0.172. The number of fused-ring (bicyclic) bond motifs is 1. The van der Waals surface area contributed by atoms with Gasteiger partial charge in [-0.3, -0.25) is 14.8 Å². The topological polar surface area (TPSA) is 66.3 Å². The van der Waals surface area contributed by atoms with Gasteiger partial charge < -0.3 is 10.0 Å². The summed E-state index contributed by atoms with van der Waals surface area (Å²) in [5, 5.41) is 12.7. The molecule has 0 radical (unpaired) electrons. The summed E-state index contributed by atoms with van der Waals surface area (Å²) in [6.45, 7) is 0. The maximum Gasteiger partial charge on any atom is 0.227 e. The van der Waals surface area contributed by atoms with E-state index in [0.717, 1.165) is 75.5 Å². The highest BCUT2D eigenvalue weighted by Crippen LogP contribution is 2.34. The van der Waals surface area contributed by atoms with Crippen molar-refractivity contribution in [1.29, 1.82) is 0 Å². The number of carbonyl (C=O) groups excluding carboxylic acids is 1. The number of allylic oxidation sites excluding steroid dienone is 2. The Labute approximate surface area is 238 Å². The molecule has 2 aromatic heterocycles. The van der Waals surface area contributed by atoms with Crippen LogP contribution in [0.5, 0.6) is 5.75 Å². The van der Waals surface area contributed by atoms with Crippen molar-refractivity contribution < 1.29 is 9.90 Å². The van der Waals surface area contributed by atoms with Gasteiger partial charge in [0.05, 0.1) is 17.6 Å². The standard InChI is InChI=1S/C35H41N3O2/c1-38(31-14-7-22-36-25-31)34(40)24-27-10-5-13-30(20-18-27)35-32-15-6-9-26(17-19-28(32)21-23-37-35)8-4-12-29-11-2-3-16-33(29)39/h2-3,7,9,11,14-16,19,21-23,25,27,30,39H,4-6,8,10,12-13,17-18,20,24H2,1H3. The predicted molar refractivity (Wildman–Crippen MR) is 162 cm³/mol. The fourth-order valence-electron chi connectivity index (χ4n) is 6.27. The number of phenols is 1. The highest BCUT2D eigenvalue weighted by atomic mass is 16.3. The smallest absolute Gasteiger partial charge is 0.227 e. The molecular formula is C35H41N3O2. The van der Waals surface area contributed by atoms with Crippen LogP contribution in [0.15, 0.2) is 72.7 Å². The zero-order valence-corrected chi connectivity index (χ0v) is 23.6. The Kier molecular flexibility index (Phi) is 9.43. The largest absolute Gasteiger partial charge is 0.508 e. The van der Waals surface area contributed by atoms with Crippen molar-refractivity contribution in [2.45, 2.75) is 76.5 Å². The molecule has 0 saturated heterocycles. The quantitative estimate of drug-likeness (QED) is 0.275. The zero-order valence-electron chi connectivity index (χ0n) is 23.6. The number of aromatic nitrogens is 2. The number of carbonyl (C=O) groups is 1. The van der Waals surface area contributed by atoms with Gasteiger partial charge >= 0.3 is 0 Å². The molecule has 0 spiro atoms. The lowest BCUT2D eigenvalue weighted by atomic mass is 9.91. The molecule has 2 aliphatic carbocycles. The Balaban J connectivity index is 1.20. The van der Waals surface area contributed by atoms with Gasteiger partial charge in [-0.1, -0.05) is 48.4 Å². The Morgan fingerprint density at radius 3 is 2.73 bits per heavy atom. The van der Waals surface area contributed by atoms with E-state index in [-0.39, 0.29) is 5.91 Å². The molecule has 5 nitrogen and oxygen atoms in total. The van der Waals surface area contributed by atoms with Crippen molar-refractivity contribution in [2.75, 3.05) is 11.9 Å². The fourth-order valence-corrected chi connectivity index (χ4v) is 6.27. The maximum atomic E-state index is 13.0. The zero-order chi connectivity index (χ0) is 27.7. The van der Waals surface area contributed by atoms with E-state index < -0.39 is 0 Å². The van der Waals surface area contributed by atoms with Gasteiger partial charge in [0.1, 0.15) is 5.75 Å². The minimum Gasteiger partial charge on any atom is -0.508 e. The van der Waals surface area contributed by atoms with Crippen LogP contribution in [0, 0.1) is 5.92 Å². The molecule has 208 valence electrons. The Morgan fingerprint density at radius 1 is 0.975 bits per heavy atom. The molecular weight excluding hydrogens is 494 g/mol. The molecule has 40 heavy (non-hydrogen) atoms. The van der Waals surface area contributed by atoms with E-state index in [1.165, 1.54) is 21.7 Å². The Morgan fingerprint density at radius 2 is 1.88 bits per heavy atom. The average molecular weight is 536 g/mol. The van der Waals surface area contributed by atoms with Crippen LogP contribution in [-0.4, -0.2) is 28.0 Å². The molecule has 2 heterocycles. The van der Waals surface area contributed by atoms with Gasteiger partial charge in [-0.25, -0.2) is 0 Å². The molecule has 1 amide bonds. The van der Waals surface area contributed by atoms with E-state index in [1.807, 2.05) is 43.6 Å². The second-order valence-electron chi connectivity index (χ2n) is 11.3. The third-order valence-corrected chi connectivity index (χ3v) is 8.65. The third-order valence-electron chi connectivity index (χ3n) is 8.65. The van der Waals surface area contributed by atoms with Crippen molar-refractivity contribution in [3.63, 3.8) is 0 Å². The van der Waals surface area contributed by atoms with Crippen LogP contribution in [0.1, 0.15) is 81.4 Å². The molecule has 5 rings (SSSR count). The highest BCUT2D eigenvalue weighted by Gasteiger charge is 2.25. The van der Waals surface area contributed by atoms with Gasteiger partial charge in [0.2, 0.25) is 5.91 Å². The first-order valence-electron chi connectivity index (χ1n) is 14.8. The summed E-state index contributed by atoms with van der Waals surface area (Å²) in [6.07, 6.45) is 23.6. The summed E-state index contributed by atoms with van der Waals surface area (Å²) in [6, 6.07) is 13.6. The summed E-state index contributed by atoms with van der Waals surface area (Å²) < 4.78 is 0. The fraction of sp³-hybridized carbons (Fsp3) is 0.400. The number of pyridine rings is 2. The van der Waals surface area contributed by atoms with Crippen molar-refractivity contribution in [1.82, 2.24) is 9.97 Å². The van der Waals surface area contributed by atoms with Crippen molar-refractivity contribution >= 4 is 23.7 Å². The normalized spacial score (nSPS) is 19.1. The van der Waals surface area contributed by atoms with Gasteiger partial charge in [0.15, 0.2) is 0 Å². The molecule has 0 aliphatic heterocycles. The van der Waals surface area contributed by atoms with E-state index in [9.17, 15) is 9.90 Å². The summed E-state index contributed by atoms with van der Waals surface area (Å²) in [5.41, 5.74) is 4.59. The van der Waals surface area contributed by atoms with Crippen molar-refractivity contribution in [3.8, 4) is 5.75 Å². The lowest BCUT2D eigenvalue weighted by Crippen LogP contribution is -2.32. The molecule has 1 fully saturated rings. The van der Waals surface area contributed by atoms with Crippen LogP contribution < -0.4 is 15.3 Å². The summed E-state index contributed by atoms with van der Waals surface area (Å²) >= 11 is 0. The molecule has 0 bridgehead atoms. The SMILES string of the molecule is CN(C(=O)CC1CCCC(c2nccc3c2=CCC=C(CCCc2ccccc2O)CC=3)CC1)c1cccnc1. The molecule has 2 unspecified atom stereocenters. The number of rotatable bonds is 8. The van der Waals surface area contributed by atoms with Crippen LogP contribution in [0.4, 0.5) is 5.69 Å². The predicted octanol–water partition coefficient (Wildman–Crippen LogP) is 6.20. The monoisotopic (exact) mass is 535 g/mol. The first-order chi connectivity index (χ1) is 19.6. The summed E-state index contributed by atoms with van der Waals surface area (Å²) in [7, 11) is 1.85. The molecule has 1 saturated carbocycles. The number of para-hydroxylation sites is 1. The van der Waals surface area contributed by atoms with Crippen LogP contribution in [-0.2, 0) is 11.2 Å². The van der Waals surface area contributed by atoms with Crippen LogP contribution in [0.2, 0.25) is 0 Å². The summed E-state index contributed by atoms with van der Waals surface area (Å²) in [5.74, 6) is 1.43.